The van der Waals surface area contributed by atoms with Crippen LogP contribution in [0.15, 0.2) is 68.9 Å². The van der Waals surface area contributed by atoms with Crippen LogP contribution in [0.25, 0.3) is 0 Å². The number of nitrogens with zero attached hydrogens (tertiary/aromatic N) is 3. The van der Waals surface area contributed by atoms with Crippen LogP contribution in [0.5, 0.6) is 0 Å². The second-order valence-electron chi connectivity index (χ2n) is 11.4. The van der Waals surface area contributed by atoms with Gasteiger partial charge in [-0.15, -0.1) is 0 Å². The summed E-state index contributed by atoms with van der Waals surface area (Å²) in [6, 6.07) is 13.1. The number of aryl methyl sites for hydroxylation is 3. The molecule has 4 aromatic rings. The summed E-state index contributed by atoms with van der Waals surface area (Å²) in [4.78, 5) is 25.1. The van der Waals surface area contributed by atoms with Crippen molar-refractivity contribution in [3.8, 4) is 0 Å². The van der Waals surface area contributed by atoms with Gasteiger partial charge in [-0.2, -0.15) is 5.10 Å². The van der Waals surface area contributed by atoms with Gasteiger partial charge in [0, 0.05) is 28.7 Å². The summed E-state index contributed by atoms with van der Waals surface area (Å²) in [6.07, 6.45) is 0. The van der Waals surface area contributed by atoms with Crippen LogP contribution in [-0.4, -0.2) is 53.1 Å². The Hall–Kier alpha value is -3.72. The van der Waals surface area contributed by atoms with Gasteiger partial charge in [0.15, 0.2) is 19.7 Å². The van der Waals surface area contributed by atoms with Crippen LogP contribution in [0.3, 0.4) is 0 Å². The Kier molecular flexibility index (Phi) is 10.8. The Labute approximate surface area is 278 Å². The van der Waals surface area contributed by atoms with Gasteiger partial charge in [0.1, 0.15) is 15.3 Å². The van der Waals surface area contributed by atoms with Crippen LogP contribution in [0, 0.1) is 20.8 Å². The van der Waals surface area contributed by atoms with Crippen molar-refractivity contribution < 1.29 is 30.9 Å². The lowest BCUT2D eigenvalue weighted by Crippen LogP contribution is -2.44. The summed E-state index contributed by atoms with van der Waals surface area (Å²) in [5.41, 5.74) is 2.00. The van der Waals surface area contributed by atoms with Crippen molar-refractivity contribution in [1.29, 1.82) is 0 Å². The van der Waals surface area contributed by atoms with Crippen LogP contribution < -0.4 is 10.6 Å². The molecule has 0 atom stereocenters. The number of hydrogen-bond acceptors (Lipinski definition) is 9. The van der Waals surface area contributed by atoms with Gasteiger partial charge in [0.2, 0.25) is 17.7 Å². The molecule has 0 saturated heterocycles. The number of carbonyl (C=O) groups is 2. The number of anilines is 2. The largest absolute Gasteiger partial charge is 0.338 e. The zero-order valence-electron chi connectivity index (χ0n) is 26.5. The third-order valence-electron chi connectivity index (χ3n) is 7.31. The number of aromatic nitrogens is 3. The summed E-state index contributed by atoms with van der Waals surface area (Å²) in [5, 5.41) is 13.8. The van der Waals surface area contributed by atoms with Crippen molar-refractivity contribution in [3.63, 3.8) is 0 Å². The molecule has 0 spiro atoms. The molecule has 0 fully saturated rings. The maximum atomic E-state index is 12.8. The molecule has 12 nitrogen and oxygen atoms in total. The number of halogens is 2. The summed E-state index contributed by atoms with van der Waals surface area (Å²) >= 11 is 11.6. The highest BCUT2D eigenvalue weighted by atomic mass is 35.5. The van der Waals surface area contributed by atoms with E-state index in [1.807, 2.05) is 0 Å². The first-order chi connectivity index (χ1) is 21.1. The Morgan fingerprint density at radius 3 is 1.52 bits per heavy atom. The molecule has 0 aliphatic rings. The second-order valence-corrected chi connectivity index (χ2v) is 17.2. The Bertz CT molecular complexity index is 1870. The number of hydrogen-bond donors (Lipinski definition) is 2. The summed E-state index contributed by atoms with van der Waals surface area (Å²) in [7, 11) is -6.12. The van der Waals surface area contributed by atoms with E-state index in [-0.39, 0.29) is 15.7 Å². The number of sulfone groups is 2. The number of nitrogens with one attached hydrogen (secondary N) is 2. The summed E-state index contributed by atoms with van der Waals surface area (Å²) < 4.78 is 54.1. The molecule has 0 radical (unpaired) electrons. The van der Waals surface area contributed by atoms with E-state index in [0.717, 1.165) is 5.69 Å². The zero-order valence-corrected chi connectivity index (χ0v) is 29.6. The van der Waals surface area contributed by atoms with Crippen LogP contribution >= 0.6 is 23.2 Å². The smallest absolute Gasteiger partial charge is 0.248 e. The van der Waals surface area contributed by atoms with Gasteiger partial charge >= 0.3 is 0 Å². The first kappa shape index (κ1) is 36.7. The van der Waals surface area contributed by atoms with Crippen molar-refractivity contribution in [3.05, 3.63) is 81.6 Å². The Morgan fingerprint density at radius 2 is 1.17 bits per heavy atom. The highest BCUT2D eigenvalue weighted by Crippen LogP contribution is 2.30. The molecule has 248 valence electrons. The van der Waals surface area contributed by atoms with Crippen molar-refractivity contribution in [2.24, 2.45) is 7.05 Å². The van der Waals surface area contributed by atoms with E-state index >= 15 is 0 Å². The van der Waals surface area contributed by atoms with Gasteiger partial charge in [0.25, 0.3) is 0 Å². The van der Waals surface area contributed by atoms with Crippen LogP contribution in [0.1, 0.15) is 44.6 Å². The van der Waals surface area contributed by atoms with Gasteiger partial charge in [-0.25, -0.2) is 16.8 Å². The number of benzene rings is 2. The lowest BCUT2D eigenvalue weighted by molar-refractivity contribution is -0.118. The summed E-state index contributed by atoms with van der Waals surface area (Å²) in [5.74, 6) is -0.749. The van der Waals surface area contributed by atoms with E-state index in [1.165, 1.54) is 80.9 Å². The predicted molar refractivity (Wildman–Crippen MR) is 177 cm³/mol. The molecule has 0 bridgehead atoms. The van der Waals surface area contributed by atoms with Crippen molar-refractivity contribution in [2.75, 3.05) is 10.6 Å². The Balaban J connectivity index is 0.000000250. The van der Waals surface area contributed by atoms with Crippen molar-refractivity contribution in [2.45, 2.75) is 67.8 Å². The van der Waals surface area contributed by atoms with Crippen LogP contribution in [-0.2, 0) is 36.3 Å². The lowest BCUT2D eigenvalue weighted by atomic mass is 10.2. The minimum atomic E-state index is -3.91. The zero-order chi connectivity index (χ0) is 34.8. The number of carbonyl (C=O) groups excluding carboxylic acids is 2. The van der Waals surface area contributed by atoms with E-state index in [0.29, 0.717) is 27.1 Å². The molecule has 4 rings (SSSR count). The lowest BCUT2D eigenvalue weighted by Gasteiger charge is -2.23. The molecule has 2 N–H and O–H groups in total. The van der Waals surface area contributed by atoms with Crippen LogP contribution in [0.4, 0.5) is 11.7 Å². The molecule has 0 saturated carbocycles. The maximum Gasteiger partial charge on any atom is 0.248 e. The summed E-state index contributed by atoms with van der Waals surface area (Å²) in [6.45, 7) is 10.7. The van der Waals surface area contributed by atoms with Gasteiger partial charge < -0.3 is 9.84 Å². The topological polar surface area (TPSA) is 170 Å². The quantitative estimate of drug-likeness (QED) is 0.232. The van der Waals surface area contributed by atoms with Gasteiger partial charge in [0.05, 0.1) is 21.2 Å². The molecular weight excluding hydrogens is 677 g/mol. The van der Waals surface area contributed by atoms with Gasteiger partial charge in [-0.1, -0.05) is 28.4 Å². The van der Waals surface area contributed by atoms with Gasteiger partial charge in [-0.3, -0.25) is 19.6 Å². The molecule has 0 aliphatic heterocycles. The molecule has 2 amide bonds. The molecule has 2 heterocycles. The third-order valence-corrected chi connectivity index (χ3v) is 12.7. The fourth-order valence-corrected chi connectivity index (χ4v) is 6.85. The Morgan fingerprint density at radius 1 is 0.761 bits per heavy atom. The molecule has 0 aliphatic carbocycles. The SMILES string of the molecule is Cc1cc(NC(=O)C(C)(C)S(=O)(=O)c2ccc(Cl)cc2)n(C)n1.Cc1noc(NC(=O)C(C)(C)S(=O)(=O)c2ccc(Cl)cc2)c1C. The highest BCUT2D eigenvalue weighted by molar-refractivity contribution is 7.94. The average Bonchev–Trinajstić information content (AvgIpc) is 3.47. The molecular formula is C30H35Cl2N5O7S2. The van der Waals surface area contributed by atoms with E-state index in [4.69, 9.17) is 27.7 Å². The molecule has 2 aromatic heterocycles. The number of rotatable bonds is 8. The maximum absolute atomic E-state index is 12.8. The van der Waals surface area contributed by atoms with Gasteiger partial charge in [-0.05, 0) is 97.0 Å². The predicted octanol–water partition coefficient (Wildman–Crippen LogP) is 5.71. The average molecular weight is 713 g/mol. The first-order valence-electron chi connectivity index (χ1n) is 13.7. The minimum Gasteiger partial charge on any atom is -0.338 e. The highest BCUT2D eigenvalue weighted by Gasteiger charge is 2.44. The van der Waals surface area contributed by atoms with E-state index < -0.39 is 41.0 Å². The third kappa shape index (κ3) is 7.46. The van der Waals surface area contributed by atoms with Crippen LogP contribution in [0.2, 0.25) is 10.0 Å². The minimum absolute atomic E-state index is 0.0209. The fourth-order valence-electron chi connectivity index (χ4n) is 3.84. The number of amides is 2. The normalized spacial score (nSPS) is 12.2. The monoisotopic (exact) mass is 711 g/mol. The van der Waals surface area contributed by atoms with Crippen molar-refractivity contribution >= 4 is 66.4 Å². The van der Waals surface area contributed by atoms with E-state index in [2.05, 4.69) is 20.9 Å². The van der Waals surface area contributed by atoms with E-state index in [1.54, 1.807) is 33.9 Å². The second kappa shape index (κ2) is 13.6. The molecule has 0 unspecified atom stereocenters. The van der Waals surface area contributed by atoms with Crippen molar-refractivity contribution in [1.82, 2.24) is 14.9 Å². The molecule has 2 aromatic carbocycles. The standard InChI is InChI=1S/C15H18ClN3O3S.C15H17ClN2O4S/c1-10-9-13(19(4)18-10)17-14(20)15(2,3)23(21,22)12-7-5-11(16)6-8-12;1-9-10(2)18-22-13(9)17-14(19)15(3,4)23(20,21)12-7-5-11(16)6-8-12/h5-9H,1-4H3,(H,17,20);5-8H,1-4H3,(H,17,19). The molecule has 16 heteroatoms. The fraction of sp³-hybridized carbons (Fsp3) is 0.333. The van der Waals surface area contributed by atoms with E-state index in [9.17, 15) is 26.4 Å². The first-order valence-corrected chi connectivity index (χ1v) is 17.4. The molecule has 46 heavy (non-hydrogen) atoms.